The lowest BCUT2D eigenvalue weighted by atomic mass is 9.94. The quantitative estimate of drug-likeness (QED) is 0.337. The van der Waals surface area contributed by atoms with Crippen molar-refractivity contribution in [2.75, 3.05) is 5.32 Å². The first-order chi connectivity index (χ1) is 15.0. The molecule has 0 radical (unpaired) electrons. The van der Waals surface area contributed by atoms with Crippen LogP contribution in [-0.2, 0) is 4.79 Å². The molecule has 1 amide bonds. The molecule has 0 atom stereocenters. The van der Waals surface area contributed by atoms with Gasteiger partial charge < -0.3 is 0 Å². The van der Waals surface area contributed by atoms with Crippen LogP contribution in [0, 0.1) is 12.8 Å². The van der Waals surface area contributed by atoms with Gasteiger partial charge in [-0.3, -0.25) is 10.1 Å². The first-order valence-electron chi connectivity index (χ1n) is 10.2. The minimum Gasteiger partial charge on any atom is -0.298 e. The van der Waals surface area contributed by atoms with Gasteiger partial charge in [0.25, 0.3) is 5.91 Å². The predicted molar refractivity (Wildman–Crippen MR) is 127 cm³/mol. The van der Waals surface area contributed by atoms with Gasteiger partial charge in [0.15, 0.2) is 11.0 Å². The molecule has 3 aromatic rings. The van der Waals surface area contributed by atoms with Gasteiger partial charge in [-0.25, -0.2) is 4.98 Å². The number of nitrogens with zero attached hydrogens (tertiary/aromatic N) is 5. The van der Waals surface area contributed by atoms with E-state index in [0.717, 1.165) is 22.2 Å². The van der Waals surface area contributed by atoms with Crippen LogP contribution in [-0.4, -0.2) is 31.1 Å². The molecule has 31 heavy (non-hydrogen) atoms. The number of anilines is 1. The minimum atomic E-state index is -0.187. The van der Waals surface area contributed by atoms with E-state index >= 15 is 0 Å². The Hall–Kier alpha value is -2.10. The zero-order valence-corrected chi connectivity index (χ0v) is 20.2. The molecule has 1 fully saturated rings. The van der Waals surface area contributed by atoms with Gasteiger partial charge in [0.05, 0.1) is 20.7 Å². The van der Waals surface area contributed by atoms with Crippen LogP contribution in [0.4, 0.5) is 5.13 Å². The average molecular weight is 522 g/mol. The van der Waals surface area contributed by atoms with Gasteiger partial charge in [0, 0.05) is 5.57 Å². The molecule has 2 heterocycles. The van der Waals surface area contributed by atoms with E-state index in [1.54, 1.807) is 23.9 Å². The van der Waals surface area contributed by atoms with Crippen molar-refractivity contribution in [2.24, 2.45) is 5.92 Å². The third-order valence-electron chi connectivity index (χ3n) is 5.36. The van der Waals surface area contributed by atoms with E-state index in [1.165, 1.54) is 37.0 Å². The van der Waals surface area contributed by atoms with Crippen LogP contribution < -0.4 is 5.32 Å². The molecular weight excluding hydrogens is 500 g/mol. The average Bonchev–Trinajstić information content (AvgIpc) is 3.25. The highest BCUT2D eigenvalue weighted by Crippen LogP contribution is 2.31. The molecule has 0 bridgehead atoms. The molecule has 0 unspecified atom stereocenters. The number of aryl methyl sites for hydroxylation is 1. The molecule has 10 heteroatoms. The molecule has 1 aliphatic rings. The summed E-state index contributed by atoms with van der Waals surface area (Å²) in [5.41, 5.74) is 2.04. The Labute approximate surface area is 198 Å². The first-order valence-corrected chi connectivity index (χ1v) is 12.2. The van der Waals surface area contributed by atoms with Gasteiger partial charge in [0.1, 0.15) is 0 Å². The summed E-state index contributed by atoms with van der Waals surface area (Å²) in [6, 6.07) is 5.54. The number of amides is 1. The van der Waals surface area contributed by atoms with Crippen LogP contribution in [0.5, 0.6) is 0 Å². The third-order valence-corrected chi connectivity index (χ3v) is 7.05. The van der Waals surface area contributed by atoms with Crippen molar-refractivity contribution in [2.45, 2.75) is 45.4 Å². The summed E-state index contributed by atoms with van der Waals surface area (Å²) in [5.74, 6) is 0.816. The van der Waals surface area contributed by atoms with Crippen molar-refractivity contribution < 1.29 is 4.79 Å². The molecule has 0 saturated heterocycles. The molecule has 1 N–H and O–H groups in total. The van der Waals surface area contributed by atoms with Crippen LogP contribution in [0.2, 0.25) is 5.02 Å². The van der Waals surface area contributed by atoms with E-state index in [0.29, 0.717) is 33.2 Å². The topological polar surface area (TPSA) is 85.6 Å². The van der Waals surface area contributed by atoms with E-state index in [4.69, 9.17) is 11.6 Å². The summed E-state index contributed by atoms with van der Waals surface area (Å²) in [7, 11) is 0. The third kappa shape index (κ3) is 5.39. The van der Waals surface area contributed by atoms with Crippen LogP contribution in [0.25, 0.3) is 11.3 Å². The summed E-state index contributed by atoms with van der Waals surface area (Å²) in [6.07, 6.45) is 10.9. The van der Waals surface area contributed by atoms with E-state index in [-0.39, 0.29) is 5.91 Å². The molecule has 2 aromatic heterocycles. The number of carbonyl (C=O) groups excluding carboxylic acids is 1. The lowest BCUT2D eigenvalue weighted by Crippen LogP contribution is -2.15. The van der Waals surface area contributed by atoms with Crippen molar-refractivity contribution in [1.29, 1.82) is 0 Å². The zero-order valence-electron chi connectivity index (χ0n) is 17.0. The van der Waals surface area contributed by atoms with Crippen molar-refractivity contribution in [1.82, 2.24) is 25.2 Å². The Morgan fingerprint density at radius 1 is 1.29 bits per heavy atom. The van der Waals surface area contributed by atoms with Crippen molar-refractivity contribution >= 4 is 55.5 Å². The lowest BCUT2D eigenvalue weighted by molar-refractivity contribution is -0.111. The molecule has 1 aromatic carbocycles. The number of rotatable bonds is 5. The number of benzene rings is 1. The second kappa shape index (κ2) is 10.0. The smallest absolute Gasteiger partial charge is 0.257 e. The van der Waals surface area contributed by atoms with Crippen LogP contribution in [0.3, 0.4) is 0 Å². The van der Waals surface area contributed by atoms with Crippen LogP contribution in [0.15, 0.2) is 34.3 Å². The summed E-state index contributed by atoms with van der Waals surface area (Å²) >= 11 is 11.3. The molecule has 0 aliphatic heterocycles. The Balaban J connectivity index is 1.68. The maximum Gasteiger partial charge on any atom is 0.257 e. The lowest BCUT2D eigenvalue weighted by Gasteiger charge is -2.15. The number of carbonyl (C=O) groups is 1. The number of hydrogen-bond acceptors (Lipinski definition) is 6. The van der Waals surface area contributed by atoms with Gasteiger partial charge in [-0.1, -0.05) is 60.8 Å². The standard InChI is InChI=1S/C21H22BrClN6OS/c1-13-26-27-28-29(13)18-9-8-15(11-17(18)23)16(10-14-6-4-2-3-5-7-14)20(30)25-21-24-12-19(22)31-21/h8-12,14H,2-7H2,1H3,(H,24,25,30). The number of allylic oxidation sites excluding steroid dienone is 1. The highest BCUT2D eigenvalue weighted by Gasteiger charge is 2.20. The number of nitrogens with one attached hydrogen (secondary N) is 1. The highest BCUT2D eigenvalue weighted by atomic mass is 79.9. The molecular formula is C21H22BrClN6OS. The monoisotopic (exact) mass is 520 g/mol. The molecule has 1 aliphatic carbocycles. The first kappa shape index (κ1) is 22.1. The summed E-state index contributed by atoms with van der Waals surface area (Å²) in [5, 5.41) is 15.5. The molecule has 0 spiro atoms. The second-order valence-corrected chi connectivity index (χ2v) is 10.4. The molecule has 4 rings (SSSR count). The van der Waals surface area contributed by atoms with Crippen LogP contribution in [0.1, 0.15) is 49.9 Å². The summed E-state index contributed by atoms with van der Waals surface area (Å²) < 4.78 is 2.44. The Morgan fingerprint density at radius 3 is 2.68 bits per heavy atom. The number of aromatic nitrogens is 5. The minimum absolute atomic E-state index is 0.187. The number of halogens is 2. The highest BCUT2D eigenvalue weighted by molar-refractivity contribution is 9.11. The number of thiazole rings is 1. The van der Waals surface area contributed by atoms with E-state index in [2.05, 4.69) is 47.8 Å². The molecule has 7 nitrogen and oxygen atoms in total. The fraction of sp³-hybridized carbons (Fsp3) is 0.381. The maximum atomic E-state index is 13.3. The number of tetrazole rings is 1. The van der Waals surface area contributed by atoms with Crippen molar-refractivity contribution in [3.63, 3.8) is 0 Å². The van der Waals surface area contributed by atoms with Gasteiger partial charge >= 0.3 is 0 Å². The van der Waals surface area contributed by atoms with E-state index in [1.807, 2.05) is 12.1 Å². The van der Waals surface area contributed by atoms with Crippen LogP contribution >= 0.6 is 38.9 Å². The Morgan fingerprint density at radius 2 is 2.06 bits per heavy atom. The van der Waals surface area contributed by atoms with Gasteiger partial charge in [-0.05, 0) is 69.7 Å². The predicted octanol–water partition coefficient (Wildman–Crippen LogP) is 5.84. The fourth-order valence-corrected chi connectivity index (χ4v) is 5.16. The largest absolute Gasteiger partial charge is 0.298 e. The zero-order chi connectivity index (χ0) is 21.8. The van der Waals surface area contributed by atoms with E-state index < -0.39 is 0 Å². The summed E-state index contributed by atoms with van der Waals surface area (Å²) in [4.78, 5) is 17.5. The number of hydrogen-bond donors (Lipinski definition) is 1. The maximum absolute atomic E-state index is 13.3. The van der Waals surface area contributed by atoms with Gasteiger partial charge in [-0.2, -0.15) is 4.68 Å². The SMILES string of the molecule is Cc1nnnn1-c1ccc(C(=CC2CCCCCC2)C(=O)Nc2ncc(Br)s2)cc1Cl. The van der Waals surface area contributed by atoms with E-state index in [9.17, 15) is 4.79 Å². The second-order valence-electron chi connectivity index (χ2n) is 7.56. The normalized spacial score (nSPS) is 15.6. The Kier molecular flexibility index (Phi) is 7.14. The summed E-state index contributed by atoms with van der Waals surface area (Å²) in [6.45, 7) is 1.81. The van der Waals surface area contributed by atoms with Gasteiger partial charge in [0.2, 0.25) is 0 Å². The molecule has 1 saturated carbocycles. The fourth-order valence-electron chi connectivity index (χ4n) is 3.79. The molecule has 162 valence electrons. The van der Waals surface area contributed by atoms with Crippen molar-refractivity contribution in [3.8, 4) is 5.69 Å². The Bertz CT molecular complexity index is 1100. The van der Waals surface area contributed by atoms with Crippen molar-refractivity contribution in [3.05, 3.63) is 50.7 Å². The van der Waals surface area contributed by atoms with Gasteiger partial charge in [-0.15, -0.1) is 5.10 Å².